The highest BCUT2D eigenvalue weighted by molar-refractivity contribution is 7.92. The van der Waals surface area contributed by atoms with Crippen LogP contribution >= 0.6 is 11.3 Å². The van der Waals surface area contributed by atoms with Crippen LogP contribution in [0.2, 0.25) is 0 Å². The number of ether oxygens (including phenoxy) is 1. The second-order valence-corrected chi connectivity index (χ2v) is 7.99. The van der Waals surface area contributed by atoms with E-state index in [2.05, 4.69) is 15.2 Å². The molecule has 0 unspecified atom stereocenters. The summed E-state index contributed by atoms with van der Waals surface area (Å²) in [6.45, 7) is 0. The van der Waals surface area contributed by atoms with E-state index in [0.717, 1.165) is 11.1 Å². The number of thiophene rings is 1. The lowest BCUT2D eigenvalue weighted by Crippen LogP contribution is -2.13. The first-order valence-corrected chi connectivity index (χ1v) is 10.1. The topological polar surface area (TPSA) is 111 Å². The van der Waals surface area contributed by atoms with Gasteiger partial charge in [-0.3, -0.25) is 9.52 Å². The van der Waals surface area contributed by atoms with Crippen molar-refractivity contribution in [1.29, 1.82) is 0 Å². The minimum absolute atomic E-state index is 0.130. The number of aromatic nitrogens is 1. The van der Waals surface area contributed by atoms with Gasteiger partial charge in [0.15, 0.2) is 11.5 Å². The van der Waals surface area contributed by atoms with Crippen molar-refractivity contribution in [1.82, 2.24) is 5.16 Å². The molecule has 136 valence electrons. The molecule has 3 rings (SSSR count). The number of rotatable bonds is 6. The average molecular weight is 393 g/mol. The highest BCUT2D eigenvalue weighted by atomic mass is 32.2. The molecule has 2 aromatic heterocycles. The Morgan fingerprint density at radius 2 is 2.08 bits per heavy atom. The lowest BCUT2D eigenvalue weighted by Gasteiger charge is -2.11. The van der Waals surface area contributed by atoms with E-state index >= 15 is 0 Å². The SMILES string of the molecule is COc1cc(NC(=O)c2cc(-c3cccs3)on2)ccc1NS(C)(=O)=O. The summed E-state index contributed by atoms with van der Waals surface area (Å²) in [4.78, 5) is 13.2. The Kier molecular flexibility index (Phi) is 4.96. The van der Waals surface area contributed by atoms with E-state index in [0.29, 0.717) is 11.4 Å². The standard InChI is InChI=1S/C16H15N3O5S2/c1-23-13-8-10(5-6-11(13)19-26(2,21)22)17-16(20)12-9-14(24-18-12)15-4-3-7-25-15/h3-9,19H,1-2H3,(H,17,20). The zero-order valence-electron chi connectivity index (χ0n) is 13.8. The van der Waals surface area contributed by atoms with Crippen LogP contribution in [0.25, 0.3) is 10.6 Å². The third-order valence-corrected chi connectivity index (χ3v) is 4.74. The molecule has 0 radical (unpaired) electrons. The molecule has 8 nitrogen and oxygen atoms in total. The lowest BCUT2D eigenvalue weighted by molar-refractivity contribution is 0.101. The van der Waals surface area contributed by atoms with Crippen molar-refractivity contribution in [2.24, 2.45) is 0 Å². The van der Waals surface area contributed by atoms with Crippen LogP contribution in [0, 0.1) is 0 Å². The third-order valence-electron chi connectivity index (χ3n) is 3.26. The normalized spacial score (nSPS) is 11.2. The molecule has 3 aromatic rings. The van der Waals surface area contributed by atoms with Crippen molar-refractivity contribution in [3.63, 3.8) is 0 Å². The molecule has 0 saturated heterocycles. The maximum absolute atomic E-state index is 12.3. The van der Waals surface area contributed by atoms with Crippen LogP contribution in [-0.4, -0.2) is 32.8 Å². The van der Waals surface area contributed by atoms with E-state index in [1.54, 1.807) is 12.1 Å². The number of benzene rings is 1. The van der Waals surface area contributed by atoms with Crippen LogP contribution in [0.4, 0.5) is 11.4 Å². The Morgan fingerprint density at radius 3 is 2.73 bits per heavy atom. The summed E-state index contributed by atoms with van der Waals surface area (Å²) in [6, 6.07) is 9.85. The minimum Gasteiger partial charge on any atom is -0.494 e. The molecule has 0 bridgehead atoms. The number of hydrogen-bond donors (Lipinski definition) is 2. The summed E-state index contributed by atoms with van der Waals surface area (Å²) in [6.07, 6.45) is 1.04. The van der Waals surface area contributed by atoms with Crippen LogP contribution in [0.1, 0.15) is 10.5 Å². The first-order chi connectivity index (χ1) is 12.4. The number of nitrogens with zero attached hydrogens (tertiary/aromatic N) is 1. The number of nitrogens with one attached hydrogen (secondary N) is 2. The third kappa shape index (κ3) is 4.21. The lowest BCUT2D eigenvalue weighted by atomic mass is 10.2. The van der Waals surface area contributed by atoms with Gasteiger partial charge >= 0.3 is 0 Å². The largest absolute Gasteiger partial charge is 0.494 e. The van der Waals surface area contributed by atoms with Crippen molar-refractivity contribution in [3.05, 3.63) is 47.5 Å². The van der Waals surface area contributed by atoms with Crippen molar-refractivity contribution in [3.8, 4) is 16.4 Å². The van der Waals surface area contributed by atoms with Gasteiger partial charge in [0.05, 0.1) is 23.9 Å². The summed E-state index contributed by atoms with van der Waals surface area (Å²) in [5.74, 6) is 0.325. The Hall–Kier alpha value is -2.85. The molecule has 0 aliphatic carbocycles. The summed E-state index contributed by atoms with van der Waals surface area (Å²) in [5, 5.41) is 8.34. The number of carbonyl (C=O) groups is 1. The van der Waals surface area contributed by atoms with Gasteiger partial charge < -0.3 is 14.6 Å². The van der Waals surface area contributed by atoms with Gasteiger partial charge in [-0.25, -0.2) is 8.42 Å². The molecular formula is C16H15N3O5S2. The van der Waals surface area contributed by atoms with Crippen LogP contribution in [0.3, 0.4) is 0 Å². The molecule has 0 aliphatic rings. The number of sulfonamides is 1. The van der Waals surface area contributed by atoms with Gasteiger partial charge in [0.1, 0.15) is 5.75 Å². The van der Waals surface area contributed by atoms with E-state index < -0.39 is 15.9 Å². The van der Waals surface area contributed by atoms with E-state index in [1.807, 2.05) is 17.5 Å². The summed E-state index contributed by atoms with van der Waals surface area (Å²) in [7, 11) is -2.04. The van der Waals surface area contributed by atoms with Crippen LogP contribution in [0.15, 0.2) is 46.3 Å². The maximum atomic E-state index is 12.3. The molecule has 0 spiro atoms. The first kappa shape index (κ1) is 18.0. The van der Waals surface area contributed by atoms with Gasteiger partial charge in [-0.05, 0) is 23.6 Å². The van der Waals surface area contributed by atoms with Gasteiger partial charge in [-0.15, -0.1) is 11.3 Å². The molecule has 10 heteroatoms. The molecule has 0 saturated carbocycles. The van der Waals surface area contributed by atoms with Gasteiger partial charge in [0.25, 0.3) is 5.91 Å². The quantitative estimate of drug-likeness (QED) is 0.666. The van der Waals surface area contributed by atoms with Crippen molar-refractivity contribution in [2.75, 3.05) is 23.4 Å². The van der Waals surface area contributed by atoms with Gasteiger partial charge in [0.2, 0.25) is 10.0 Å². The minimum atomic E-state index is -3.45. The van der Waals surface area contributed by atoms with E-state index in [4.69, 9.17) is 9.26 Å². The zero-order chi connectivity index (χ0) is 18.7. The van der Waals surface area contributed by atoms with E-state index in [-0.39, 0.29) is 17.1 Å². The average Bonchev–Trinajstić information content (AvgIpc) is 3.26. The fourth-order valence-electron chi connectivity index (χ4n) is 2.17. The second-order valence-electron chi connectivity index (χ2n) is 5.30. The number of carbonyl (C=O) groups excluding carboxylic acids is 1. The Labute approximate surface area is 153 Å². The molecular weight excluding hydrogens is 378 g/mol. The number of amides is 1. The van der Waals surface area contributed by atoms with Crippen molar-refractivity contribution >= 4 is 38.6 Å². The molecule has 2 heterocycles. The van der Waals surface area contributed by atoms with Crippen molar-refractivity contribution < 1.29 is 22.5 Å². The molecule has 0 atom stereocenters. The predicted octanol–water partition coefficient (Wildman–Crippen LogP) is 3.04. The number of methoxy groups -OCH3 is 1. The van der Waals surface area contributed by atoms with Gasteiger partial charge in [0, 0.05) is 17.8 Å². The Bertz CT molecular complexity index is 1030. The summed E-state index contributed by atoms with van der Waals surface area (Å²) >= 11 is 1.48. The number of hydrogen-bond acceptors (Lipinski definition) is 7. The van der Waals surface area contributed by atoms with Gasteiger partial charge in [-0.1, -0.05) is 11.2 Å². The van der Waals surface area contributed by atoms with Gasteiger partial charge in [-0.2, -0.15) is 0 Å². The molecule has 1 amide bonds. The smallest absolute Gasteiger partial charge is 0.277 e. The predicted molar refractivity (Wildman–Crippen MR) is 99.2 cm³/mol. The molecule has 1 aromatic carbocycles. The highest BCUT2D eigenvalue weighted by Gasteiger charge is 2.16. The fraction of sp³-hybridized carbons (Fsp3) is 0.125. The molecule has 0 fully saturated rings. The molecule has 0 aliphatic heterocycles. The fourth-order valence-corrected chi connectivity index (χ4v) is 3.41. The molecule has 26 heavy (non-hydrogen) atoms. The maximum Gasteiger partial charge on any atom is 0.277 e. The first-order valence-electron chi connectivity index (χ1n) is 7.33. The Morgan fingerprint density at radius 1 is 1.27 bits per heavy atom. The number of anilines is 2. The van der Waals surface area contributed by atoms with Crippen LogP contribution in [-0.2, 0) is 10.0 Å². The highest BCUT2D eigenvalue weighted by Crippen LogP contribution is 2.29. The zero-order valence-corrected chi connectivity index (χ0v) is 15.5. The summed E-state index contributed by atoms with van der Waals surface area (Å²) in [5.41, 5.74) is 0.826. The second kappa shape index (κ2) is 7.18. The molecule has 2 N–H and O–H groups in total. The Balaban J connectivity index is 1.77. The van der Waals surface area contributed by atoms with E-state index in [9.17, 15) is 13.2 Å². The van der Waals surface area contributed by atoms with E-state index in [1.165, 1.54) is 30.6 Å². The van der Waals surface area contributed by atoms with Crippen LogP contribution in [0.5, 0.6) is 5.75 Å². The van der Waals surface area contributed by atoms with Crippen molar-refractivity contribution in [2.45, 2.75) is 0 Å². The van der Waals surface area contributed by atoms with Crippen LogP contribution < -0.4 is 14.8 Å². The summed E-state index contributed by atoms with van der Waals surface area (Å²) < 4.78 is 35.4. The monoisotopic (exact) mass is 393 g/mol.